The third kappa shape index (κ3) is 3.07. The molecule has 2 atom stereocenters. The van der Waals surface area contributed by atoms with E-state index >= 15 is 0 Å². The summed E-state index contributed by atoms with van der Waals surface area (Å²) in [7, 11) is 3.74. The quantitative estimate of drug-likeness (QED) is 0.827. The van der Waals surface area contributed by atoms with E-state index in [0.29, 0.717) is 6.04 Å². The fraction of sp³-hybridized carbons (Fsp3) is 0.769. The molecule has 0 aliphatic carbocycles. The lowest BCUT2D eigenvalue weighted by molar-refractivity contribution is 0.0991. The first-order valence-corrected chi connectivity index (χ1v) is 6.29. The Hall–Kier alpha value is -0.870. The summed E-state index contributed by atoms with van der Waals surface area (Å²) >= 11 is 0. The molecule has 2 unspecified atom stereocenters. The highest BCUT2D eigenvalue weighted by Gasteiger charge is 2.18. The molecule has 1 heterocycles. The second-order valence-electron chi connectivity index (χ2n) is 4.56. The Labute approximate surface area is 104 Å². The highest BCUT2D eigenvalue weighted by Crippen LogP contribution is 2.23. The number of aromatic nitrogens is 2. The van der Waals surface area contributed by atoms with Crippen molar-refractivity contribution in [3.63, 3.8) is 0 Å². The third-order valence-corrected chi connectivity index (χ3v) is 3.38. The first-order valence-electron chi connectivity index (χ1n) is 6.29. The Balaban J connectivity index is 3.00. The molecule has 0 amide bonds. The zero-order valence-corrected chi connectivity index (χ0v) is 11.9. The van der Waals surface area contributed by atoms with Gasteiger partial charge in [-0.25, -0.2) is 0 Å². The van der Waals surface area contributed by atoms with Gasteiger partial charge in [-0.15, -0.1) is 0 Å². The maximum Gasteiger partial charge on any atom is 0.0739 e. The molecule has 0 aromatic carbocycles. The van der Waals surface area contributed by atoms with Crippen molar-refractivity contribution < 1.29 is 4.74 Å². The van der Waals surface area contributed by atoms with E-state index < -0.39 is 0 Å². The number of hydrogen-bond acceptors (Lipinski definition) is 3. The minimum atomic E-state index is 0.190. The number of nitrogens with zero attached hydrogens (tertiary/aromatic N) is 2. The molecule has 4 nitrogen and oxygen atoms in total. The summed E-state index contributed by atoms with van der Waals surface area (Å²) in [4.78, 5) is 0. The van der Waals surface area contributed by atoms with Crippen LogP contribution in [-0.2, 0) is 11.3 Å². The molecule has 4 heteroatoms. The predicted molar refractivity (Wildman–Crippen MR) is 70.3 cm³/mol. The molecule has 1 rings (SSSR count). The first kappa shape index (κ1) is 14.2. The van der Waals surface area contributed by atoms with Crippen LogP contribution in [0.3, 0.4) is 0 Å². The van der Waals surface area contributed by atoms with Gasteiger partial charge < -0.3 is 10.1 Å². The summed E-state index contributed by atoms with van der Waals surface area (Å²) in [6.07, 6.45) is 1.26. The third-order valence-electron chi connectivity index (χ3n) is 3.38. The van der Waals surface area contributed by atoms with Gasteiger partial charge in [0.05, 0.1) is 18.3 Å². The van der Waals surface area contributed by atoms with E-state index in [4.69, 9.17) is 4.74 Å². The molecule has 0 aliphatic rings. The van der Waals surface area contributed by atoms with Crippen LogP contribution in [0.25, 0.3) is 0 Å². The average molecular weight is 239 g/mol. The zero-order chi connectivity index (χ0) is 13.0. The summed E-state index contributed by atoms with van der Waals surface area (Å²) in [5.41, 5.74) is 3.69. The van der Waals surface area contributed by atoms with Crippen molar-refractivity contribution in [3.8, 4) is 0 Å². The molecule has 98 valence electrons. The van der Waals surface area contributed by atoms with Crippen molar-refractivity contribution in [2.45, 2.75) is 52.8 Å². The fourth-order valence-corrected chi connectivity index (χ4v) is 2.26. The normalized spacial score (nSPS) is 14.9. The summed E-state index contributed by atoms with van der Waals surface area (Å²) in [5.74, 6) is 0. The van der Waals surface area contributed by atoms with E-state index in [1.54, 1.807) is 7.11 Å². The predicted octanol–water partition coefficient (Wildman–Crippen LogP) is 2.21. The van der Waals surface area contributed by atoms with Gasteiger partial charge >= 0.3 is 0 Å². The van der Waals surface area contributed by atoms with Gasteiger partial charge in [0.15, 0.2) is 0 Å². The number of methoxy groups -OCH3 is 1. The maximum atomic E-state index is 5.29. The Kier molecular flexibility index (Phi) is 5.15. The van der Waals surface area contributed by atoms with Crippen molar-refractivity contribution in [1.29, 1.82) is 0 Å². The number of nitrogens with one attached hydrogen (secondary N) is 1. The van der Waals surface area contributed by atoms with Gasteiger partial charge in [-0.3, -0.25) is 4.68 Å². The van der Waals surface area contributed by atoms with E-state index in [1.807, 2.05) is 7.05 Å². The summed E-state index contributed by atoms with van der Waals surface area (Å²) in [6.45, 7) is 9.28. The van der Waals surface area contributed by atoms with Crippen LogP contribution >= 0.6 is 0 Å². The Morgan fingerprint density at radius 1 is 1.41 bits per heavy atom. The van der Waals surface area contributed by atoms with Crippen molar-refractivity contribution >= 4 is 0 Å². The van der Waals surface area contributed by atoms with Crippen LogP contribution in [-0.4, -0.2) is 30.0 Å². The lowest BCUT2D eigenvalue weighted by Gasteiger charge is -2.15. The molecule has 1 N–H and O–H groups in total. The van der Waals surface area contributed by atoms with Crippen LogP contribution in [0, 0.1) is 13.8 Å². The number of aryl methyl sites for hydroxylation is 1. The minimum absolute atomic E-state index is 0.190. The Morgan fingerprint density at radius 2 is 2.06 bits per heavy atom. The van der Waals surface area contributed by atoms with Crippen molar-refractivity contribution in [2.24, 2.45) is 0 Å². The van der Waals surface area contributed by atoms with Crippen LogP contribution < -0.4 is 5.32 Å². The standard InChI is InChI=1S/C13H25N3O/c1-7-12(14-5)13-10(3)15-16(11(13)4)8-9(2)17-6/h9,12,14H,7-8H2,1-6H3. The Bertz CT molecular complexity index is 356. The highest BCUT2D eigenvalue weighted by atomic mass is 16.5. The van der Waals surface area contributed by atoms with Crippen LogP contribution in [0.15, 0.2) is 0 Å². The summed E-state index contributed by atoms with van der Waals surface area (Å²) in [6, 6.07) is 0.390. The Morgan fingerprint density at radius 3 is 2.53 bits per heavy atom. The van der Waals surface area contributed by atoms with E-state index in [1.165, 1.54) is 11.3 Å². The van der Waals surface area contributed by atoms with E-state index in [9.17, 15) is 0 Å². The molecule has 0 saturated heterocycles. The largest absolute Gasteiger partial charge is 0.380 e. The SMILES string of the molecule is CCC(NC)c1c(C)nn(CC(C)OC)c1C. The van der Waals surface area contributed by atoms with Crippen LogP contribution in [0.5, 0.6) is 0 Å². The monoisotopic (exact) mass is 239 g/mol. The number of hydrogen-bond donors (Lipinski definition) is 1. The van der Waals surface area contributed by atoms with Crippen LogP contribution in [0.2, 0.25) is 0 Å². The van der Waals surface area contributed by atoms with Gasteiger partial charge in [-0.05, 0) is 34.2 Å². The van der Waals surface area contributed by atoms with Gasteiger partial charge in [0.1, 0.15) is 0 Å². The second-order valence-corrected chi connectivity index (χ2v) is 4.56. The zero-order valence-electron chi connectivity index (χ0n) is 11.9. The molecule has 0 fully saturated rings. The summed E-state index contributed by atoms with van der Waals surface area (Å²) < 4.78 is 7.35. The first-order chi connectivity index (χ1) is 8.04. The molecule has 1 aromatic heterocycles. The lowest BCUT2D eigenvalue weighted by atomic mass is 10.0. The lowest BCUT2D eigenvalue weighted by Crippen LogP contribution is -2.19. The molecule has 0 bridgehead atoms. The van der Waals surface area contributed by atoms with Gasteiger partial charge in [0, 0.05) is 24.4 Å². The van der Waals surface area contributed by atoms with Gasteiger partial charge in [-0.2, -0.15) is 5.10 Å². The second kappa shape index (κ2) is 6.17. The molecular weight excluding hydrogens is 214 g/mol. The van der Waals surface area contributed by atoms with E-state index in [0.717, 1.165) is 18.7 Å². The van der Waals surface area contributed by atoms with Gasteiger partial charge in [-0.1, -0.05) is 6.92 Å². The molecule has 0 radical (unpaired) electrons. The molecule has 0 saturated carbocycles. The molecule has 0 aliphatic heterocycles. The maximum absolute atomic E-state index is 5.29. The average Bonchev–Trinajstić information content (AvgIpc) is 2.58. The number of rotatable bonds is 6. The smallest absolute Gasteiger partial charge is 0.0739 e. The van der Waals surface area contributed by atoms with Crippen molar-refractivity contribution in [3.05, 3.63) is 17.0 Å². The molecule has 0 spiro atoms. The molecule has 17 heavy (non-hydrogen) atoms. The van der Waals surface area contributed by atoms with Gasteiger partial charge in [0.25, 0.3) is 0 Å². The van der Waals surface area contributed by atoms with Crippen molar-refractivity contribution in [2.75, 3.05) is 14.2 Å². The minimum Gasteiger partial charge on any atom is -0.380 e. The number of ether oxygens (including phenoxy) is 1. The van der Waals surface area contributed by atoms with Crippen LogP contribution in [0.1, 0.15) is 43.3 Å². The topological polar surface area (TPSA) is 39.1 Å². The van der Waals surface area contributed by atoms with Crippen molar-refractivity contribution in [1.82, 2.24) is 15.1 Å². The van der Waals surface area contributed by atoms with E-state index in [2.05, 4.69) is 42.8 Å². The fourth-order valence-electron chi connectivity index (χ4n) is 2.26. The highest BCUT2D eigenvalue weighted by molar-refractivity contribution is 5.28. The van der Waals surface area contributed by atoms with Gasteiger partial charge in [0.2, 0.25) is 0 Å². The van der Waals surface area contributed by atoms with E-state index in [-0.39, 0.29) is 6.10 Å². The molecular formula is C13H25N3O. The summed E-state index contributed by atoms with van der Waals surface area (Å²) in [5, 5.41) is 7.96. The van der Waals surface area contributed by atoms with Crippen LogP contribution in [0.4, 0.5) is 0 Å². The molecule has 1 aromatic rings.